The number of amides is 1. The van der Waals surface area contributed by atoms with E-state index >= 15 is 0 Å². The fourth-order valence-electron chi connectivity index (χ4n) is 3.68. The van der Waals surface area contributed by atoms with Gasteiger partial charge in [-0.05, 0) is 35.7 Å². The standard InChI is InChI=1S/C21H22N4O2/c1-14(26)22-18-8-4-5-15-13-25(11-9-16(15)18)12-10-20-23-19-7-3-2-6-17(19)21(27)24-20/h2-8H,9-13H2,1H3,(H,22,26)(H,23,24,27). The number of carbonyl (C=O) groups excluding carboxylic acids is 1. The van der Waals surface area contributed by atoms with Crippen molar-refractivity contribution < 1.29 is 4.79 Å². The minimum Gasteiger partial charge on any atom is -0.326 e. The highest BCUT2D eigenvalue weighted by molar-refractivity contribution is 5.89. The van der Waals surface area contributed by atoms with Crippen molar-refractivity contribution in [1.82, 2.24) is 14.9 Å². The average Bonchev–Trinajstić information content (AvgIpc) is 2.66. The summed E-state index contributed by atoms with van der Waals surface area (Å²) >= 11 is 0. The fraction of sp³-hybridized carbons (Fsp3) is 0.286. The number of fused-ring (bicyclic) bond motifs is 2. The zero-order valence-electron chi connectivity index (χ0n) is 15.3. The Morgan fingerprint density at radius 2 is 2.07 bits per heavy atom. The van der Waals surface area contributed by atoms with Gasteiger partial charge in [-0.25, -0.2) is 4.98 Å². The molecule has 2 N–H and O–H groups in total. The number of aromatic nitrogens is 2. The molecular formula is C21H22N4O2. The summed E-state index contributed by atoms with van der Waals surface area (Å²) in [6.07, 6.45) is 1.59. The van der Waals surface area contributed by atoms with E-state index in [1.165, 1.54) is 18.1 Å². The molecule has 2 aromatic carbocycles. The van der Waals surface area contributed by atoms with Gasteiger partial charge in [0.2, 0.25) is 5.91 Å². The summed E-state index contributed by atoms with van der Waals surface area (Å²) in [4.78, 5) is 33.4. The Labute approximate surface area is 157 Å². The third kappa shape index (κ3) is 3.75. The average molecular weight is 362 g/mol. The Hall–Kier alpha value is -2.99. The Balaban J connectivity index is 1.47. The van der Waals surface area contributed by atoms with E-state index in [9.17, 15) is 9.59 Å². The van der Waals surface area contributed by atoms with Gasteiger partial charge in [-0.15, -0.1) is 0 Å². The van der Waals surface area contributed by atoms with Crippen LogP contribution >= 0.6 is 0 Å². The van der Waals surface area contributed by atoms with Crippen LogP contribution in [0.25, 0.3) is 10.9 Å². The summed E-state index contributed by atoms with van der Waals surface area (Å²) in [5, 5.41) is 3.55. The normalized spacial score (nSPS) is 14.1. The summed E-state index contributed by atoms with van der Waals surface area (Å²) in [6, 6.07) is 13.5. The molecule has 2 heterocycles. The predicted octanol–water partition coefficient (Wildman–Crippen LogP) is 2.48. The minimum absolute atomic E-state index is 0.0443. The lowest BCUT2D eigenvalue weighted by Gasteiger charge is -2.30. The first kappa shape index (κ1) is 17.4. The summed E-state index contributed by atoms with van der Waals surface area (Å²) in [7, 11) is 0. The van der Waals surface area contributed by atoms with Gasteiger partial charge in [0.15, 0.2) is 0 Å². The van der Waals surface area contributed by atoms with Crippen molar-refractivity contribution >= 4 is 22.5 Å². The molecule has 0 aliphatic carbocycles. The molecule has 1 aliphatic rings. The van der Waals surface area contributed by atoms with Gasteiger partial charge in [0.1, 0.15) is 5.82 Å². The molecule has 0 saturated carbocycles. The number of nitrogens with zero attached hydrogens (tertiary/aromatic N) is 2. The van der Waals surface area contributed by atoms with Gasteiger partial charge in [0, 0.05) is 38.7 Å². The van der Waals surface area contributed by atoms with E-state index in [1.807, 2.05) is 30.3 Å². The van der Waals surface area contributed by atoms with Gasteiger partial charge in [0.05, 0.1) is 10.9 Å². The van der Waals surface area contributed by atoms with Crippen molar-refractivity contribution in [3.63, 3.8) is 0 Å². The van der Waals surface area contributed by atoms with Gasteiger partial charge in [-0.1, -0.05) is 24.3 Å². The largest absolute Gasteiger partial charge is 0.326 e. The van der Waals surface area contributed by atoms with Gasteiger partial charge in [-0.2, -0.15) is 0 Å². The molecule has 6 nitrogen and oxygen atoms in total. The first-order valence-electron chi connectivity index (χ1n) is 9.19. The second kappa shape index (κ2) is 7.32. The highest BCUT2D eigenvalue weighted by Crippen LogP contribution is 2.26. The van der Waals surface area contributed by atoms with Crippen LogP contribution in [0, 0.1) is 0 Å². The number of hydrogen-bond donors (Lipinski definition) is 2. The molecule has 0 spiro atoms. The molecule has 27 heavy (non-hydrogen) atoms. The van der Waals surface area contributed by atoms with Crippen LogP contribution < -0.4 is 10.9 Å². The van der Waals surface area contributed by atoms with Crippen molar-refractivity contribution in [2.24, 2.45) is 0 Å². The monoisotopic (exact) mass is 362 g/mol. The molecule has 1 aliphatic heterocycles. The highest BCUT2D eigenvalue weighted by Gasteiger charge is 2.19. The van der Waals surface area contributed by atoms with Crippen LogP contribution in [0.1, 0.15) is 23.9 Å². The van der Waals surface area contributed by atoms with Gasteiger partial charge >= 0.3 is 0 Å². The lowest BCUT2D eigenvalue weighted by molar-refractivity contribution is -0.114. The number of nitrogens with one attached hydrogen (secondary N) is 2. The Kier molecular flexibility index (Phi) is 4.73. The Morgan fingerprint density at radius 3 is 2.93 bits per heavy atom. The molecule has 0 bridgehead atoms. The summed E-state index contributed by atoms with van der Waals surface area (Å²) in [6.45, 7) is 4.11. The number of hydrogen-bond acceptors (Lipinski definition) is 4. The van der Waals surface area contributed by atoms with Gasteiger partial charge < -0.3 is 10.3 Å². The second-order valence-electron chi connectivity index (χ2n) is 6.93. The number of rotatable bonds is 4. The minimum atomic E-state index is -0.0838. The number of para-hydroxylation sites is 1. The molecule has 3 aromatic rings. The quantitative estimate of drug-likeness (QED) is 0.747. The van der Waals surface area contributed by atoms with E-state index in [0.29, 0.717) is 11.8 Å². The number of anilines is 1. The van der Waals surface area contributed by atoms with Crippen LogP contribution in [0.5, 0.6) is 0 Å². The molecule has 4 rings (SSSR count). The third-order valence-corrected chi connectivity index (χ3v) is 4.98. The van der Waals surface area contributed by atoms with Crippen molar-refractivity contribution in [2.75, 3.05) is 18.4 Å². The smallest absolute Gasteiger partial charge is 0.258 e. The fourth-order valence-corrected chi connectivity index (χ4v) is 3.68. The van der Waals surface area contributed by atoms with E-state index < -0.39 is 0 Å². The Bertz CT molecular complexity index is 1060. The first-order valence-corrected chi connectivity index (χ1v) is 9.19. The zero-order valence-corrected chi connectivity index (χ0v) is 15.3. The lowest BCUT2D eigenvalue weighted by Crippen LogP contribution is -2.33. The number of aromatic amines is 1. The highest BCUT2D eigenvalue weighted by atomic mass is 16.1. The molecule has 0 unspecified atom stereocenters. The molecule has 6 heteroatoms. The number of benzene rings is 2. The number of H-pyrrole nitrogens is 1. The lowest BCUT2D eigenvalue weighted by atomic mass is 9.97. The van der Waals surface area contributed by atoms with E-state index in [0.717, 1.165) is 43.1 Å². The van der Waals surface area contributed by atoms with E-state index in [1.54, 1.807) is 6.07 Å². The van der Waals surface area contributed by atoms with Crippen molar-refractivity contribution in [3.8, 4) is 0 Å². The third-order valence-electron chi connectivity index (χ3n) is 4.98. The second-order valence-corrected chi connectivity index (χ2v) is 6.93. The van der Waals surface area contributed by atoms with Gasteiger partial charge in [-0.3, -0.25) is 14.5 Å². The summed E-state index contributed by atoms with van der Waals surface area (Å²) < 4.78 is 0. The molecule has 1 aromatic heterocycles. The molecule has 0 fully saturated rings. The van der Waals surface area contributed by atoms with Crippen LogP contribution in [0.15, 0.2) is 47.3 Å². The van der Waals surface area contributed by atoms with E-state index in [-0.39, 0.29) is 11.5 Å². The predicted molar refractivity (Wildman–Crippen MR) is 106 cm³/mol. The molecule has 138 valence electrons. The summed E-state index contributed by atoms with van der Waals surface area (Å²) in [5.74, 6) is 0.675. The van der Waals surface area contributed by atoms with Crippen molar-refractivity contribution in [3.05, 3.63) is 69.8 Å². The van der Waals surface area contributed by atoms with Crippen LogP contribution in [-0.2, 0) is 24.2 Å². The maximum absolute atomic E-state index is 12.2. The van der Waals surface area contributed by atoms with Crippen LogP contribution in [0.3, 0.4) is 0 Å². The zero-order chi connectivity index (χ0) is 18.8. The topological polar surface area (TPSA) is 78.1 Å². The number of carbonyl (C=O) groups is 1. The van der Waals surface area contributed by atoms with Crippen LogP contribution in [0.2, 0.25) is 0 Å². The van der Waals surface area contributed by atoms with Crippen molar-refractivity contribution in [1.29, 1.82) is 0 Å². The molecular weight excluding hydrogens is 340 g/mol. The van der Waals surface area contributed by atoms with E-state index in [2.05, 4.69) is 26.3 Å². The maximum Gasteiger partial charge on any atom is 0.258 e. The Morgan fingerprint density at radius 1 is 1.22 bits per heavy atom. The van der Waals surface area contributed by atoms with E-state index in [4.69, 9.17) is 0 Å². The SMILES string of the molecule is CC(=O)Nc1cccc2c1CCN(CCc1nc3ccccc3c(=O)[nH]1)C2. The molecule has 1 amide bonds. The van der Waals surface area contributed by atoms with Crippen molar-refractivity contribution in [2.45, 2.75) is 26.3 Å². The van der Waals surface area contributed by atoms with Crippen LogP contribution in [0.4, 0.5) is 5.69 Å². The molecule has 0 saturated heterocycles. The van der Waals surface area contributed by atoms with Crippen LogP contribution in [-0.4, -0.2) is 33.9 Å². The van der Waals surface area contributed by atoms with Gasteiger partial charge in [0.25, 0.3) is 5.56 Å². The molecule has 0 radical (unpaired) electrons. The molecule has 0 atom stereocenters. The summed E-state index contributed by atoms with van der Waals surface area (Å²) in [5.41, 5.74) is 4.04. The maximum atomic E-state index is 12.2. The first-order chi connectivity index (χ1) is 13.1.